The second-order valence-corrected chi connectivity index (χ2v) is 7.97. The van der Waals surface area contributed by atoms with E-state index in [1.807, 2.05) is 6.08 Å². The van der Waals surface area contributed by atoms with Crippen molar-refractivity contribution in [2.75, 3.05) is 0 Å². The maximum absolute atomic E-state index is 11.7. The lowest BCUT2D eigenvalue weighted by molar-refractivity contribution is -0.192. The Hall–Kier alpha value is -1.38. The van der Waals surface area contributed by atoms with Crippen LogP contribution >= 0.6 is 0 Å². The van der Waals surface area contributed by atoms with Gasteiger partial charge < -0.3 is 4.74 Å². The van der Waals surface area contributed by atoms with Gasteiger partial charge in [0.15, 0.2) is 5.78 Å². The van der Waals surface area contributed by atoms with Crippen LogP contribution in [0.25, 0.3) is 0 Å². The van der Waals surface area contributed by atoms with E-state index >= 15 is 0 Å². The Morgan fingerprint density at radius 1 is 1.09 bits per heavy atom. The van der Waals surface area contributed by atoms with Crippen molar-refractivity contribution in [2.24, 2.45) is 23.2 Å². The molecule has 1 saturated heterocycles. The number of allylic oxidation sites excluding steroid dienone is 4. The summed E-state index contributed by atoms with van der Waals surface area (Å²) in [5, 5.41) is 0. The highest BCUT2D eigenvalue weighted by Crippen LogP contribution is 2.60. The molecule has 3 nitrogen and oxygen atoms in total. The lowest BCUT2D eigenvalue weighted by Gasteiger charge is -2.58. The van der Waals surface area contributed by atoms with Gasteiger partial charge in [0.2, 0.25) is 0 Å². The minimum absolute atomic E-state index is 0.0250. The Morgan fingerprint density at radius 3 is 2.73 bits per heavy atom. The smallest absolute Gasteiger partial charge is 0.306 e. The highest BCUT2D eigenvalue weighted by Gasteiger charge is 2.56. The van der Waals surface area contributed by atoms with Crippen molar-refractivity contribution >= 4 is 11.8 Å². The highest BCUT2D eigenvalue weighted by molar-refractivity contribution is 6.01. The molecule has 0 bridgehead atoms. The number of ketones is 1. The number of carbonyl (C=O) groups excluding carboxylic acids is 2. The molecule has 0 aromatic carbocycles. The fraction of sp³-hybridized carbons (Fsp3) is 0.684. The first-order chi connectivity index (χ1) is 10.4. The van der Waals surface area contributed by atoms with Gasteiger partial charge in [0.1, 0.15) is 5.60 Å². The predicted octanol–water partition coefficient (Wildman–Crippen LogP) is 3.59. The zero-order valence-corrected chi connectivity index (χ0v) is 13.4. The fourth-order valence-electron chi connectivity index (χ4n) is 5.72. The van der Waals surface area contributed by atoms with Crippen molar-refractivity contribution < 1.29 is 14.3 Å². The van der Waals surface area contributed by atoms with Crippen LogP contribution < -0.4 is 0 Å². The maximum Gasteiger partial charge on any atom is 0.306 e. The maximum atomic E-state index is 11.7. The van der Waals surface area contributed by atoms with E-state index < -0.39 is 0 Å². The molecule has 0 amide bonds. The van der Waals surface area contributed by atoms with Crippen molar-refractivity contribution in [3.8, 4) is 0 Å². The van der Waals surface area contributed by atoms with Gasteiger partial charge in [-0.25, -0.2) is 0 Å². The molecular weight excluding hydrogens is 276 g/mol. The summed E-state index contributed by atoms with van der Waals surface area (Å²) in [6.07, 6.45) is 11.5. The normalized spacial score (nSPS) is 47.0. The Kier molecular flexibility index (Phi) is 2.95. The van der Waals surface area contributed by atoms with Gasteiger partial charge in [-0.05, 0) is 63.0 Å². The van der Waals surface area contributed by atoms with Gasteiger partial charge in [-0.2, -0.15) is 0 Å². The van der Waals surface area contributed by atoms with Gasteiger partial charge in [-0.3, -0.25) is 9.59 Å². The van der Waals surface area contributed by atoms with E-state index in [4.69, 9.17) is 4.74 Å². The zero-order valence-electron chi connectivity index (χ0n) is 13.4. The molecule has 4 aliphatic rings. The van der Waals surface area contributed by atoms with Crippen LogP contribution in [0.5, 0.6) is 0 Å². The standard InChI is InChI=1S/C19H24O3/c1-18-9-7-13(20)11-12(18)3-4-14-15(18)8-10-19(2)16(14)5-6-17(21)22-19/h7,9,11,14-16H,3-6,8,10H2,1-2H3/t14?,15-,16-,18?,19?/m0/s1. The lowest BCUT2D eigenvalue weighted by atomic mass is 9.49. The molecule has 0 radical (unpaired) electrons. The van der Waals surface area contributed by atoms with E-state index in [0.717, 1.165) is 32.1 Å². The Balaban J connectivity index is 1.68. The molecule has 3 aliphatic carbocycles. The van der Waals surface area contributed by atoms with Gasteiger partial charge in [-0.15, -0.1) is 0 Å². The van der Waals surface area contributed by atoms with Crippen LogP contribution in [0.1, 0.15) is 52.4 Å². The summed E-state index contributed by atoms with van der Waals surface area (Å²) in [7, 11) is 0. The number of ether oxygens (including phenoxy) is 1. The van der Waals surface area contributed by atoms with Crippen LogP contribution in [-0.4, -0.2) is 17.4 Å². The summed E-state index contributed by atoms with van der Waals surface area (Å²) in [6, 6.07) is 0. The topological polar surface area (TPSA) is 43.4 Å². The summed E-state index contributed by atoms with van der Waals surface area (Å²) < 4.78 is 5.79. The molecule has 0 aromatic heterocycles. The third kappa shape index (κ3) is 1.87. The molecule has 118 valence electrons. The quantitative estimate of drug-likeness (QED) is 0.642. The van der Waals surface area contributed by atoms with Crippen molar-refractivity contribution in [1.29, 1.82) is 0 Å². The summed E-state index contributed by atoms with van der Waals surface area (Å²) >= 11 is 0. The largest absolute Gasteiger partial charge is 0.459 e. The number of rotatable bonds is 0. The first-order valence-corrected chi connectivity index (χ1v) is 8.58. The van der Waals surface area contributed by atoms with Crippen molar-refractivity contribution in [2.45, 2.75) is 58.0 Å². The Labute approximate surface area is 131 Å². The van der Waals surface area contributed by atoms with E-state index in [1.54, 1.807) is 6.08 Å². The summed E-state index contributed by atoms with van der Waals surface area (Å²) in [5.74, 6) is 1.77. The van der Waals surface area contributed by atoms with Gasteiger partial charge >= 0.3 is 5.97 Å². The Morgan fingerprint density at radius 2 is 1.91 bits per heavy atom. The van der Waals surface area contributed by atoms with Crippen molar-refractivity contribution in [3.05, 3.63) is 23.8 Å². The SMILES string of the molecule is CC12CC[C@H]3C(CCC4=CC(=O)C=CC43C)[C@@H]1CCC(=O)O2. The van der Waals surface area contributed by atoms with Crippen LogP contribution in [0.2, 0.25) is 0 Å². The third-order valence-corrected chi connectivity index (χ3v) is 6.90. The average molecular weight is 300 g/mol. The summed E-state index contributed by atoms with van der Waals surface area (Å²) in [4.78, 5) is 23.4. The summed E-state index contributed by atoms with van der Waals surface area (Å²) in [5.41, 5.74) is 1.08. The summed E-state index contributed by atoms with van der Waals surface area (Å²) in [6.45, 7) is 4.44. The molecule has 1 heterocycles. The molecule has 2 saturated carbocycles. The van der Waals surface area contributed by atoms with Crippen LogP contribution in [0.3, 0.4) is 0 Å². The molecule has 0 spiro atoms. The number of esters is 1. The second-order valence-electron chi connectivity index (χ2n) is 7.97. The molecule has 1 aliphatic heterocycles. The molecule has 3 fully saturated rings. The van der Waals surface area contributed by atoms with Crippen LogP contribution in [0, 0.1) is 23.2 Å². The van der Waals surface area contributed by atoms with Crippen molar-refractivity contribution in [1.82, 2.24) is 0 Å². The highest BCUT2D eigenvalue weighted by atomic mass is 16.6. The van der Waals surface area contributed by atoms with E-state index in [9.17, 15) is 9.59 Å². The zero-order chi connectivity index (χ0) is 15.5. The van der Waals surface area contributed by atoms with E-state index in [2.05, 4.69) is 19.9 Å². The molecule has 5 atom stereocenters. The van der Waals surface area contributed by atoms with Gasteiger partial charge in [0.25, 0.3) is 0 Å². The molecule has 22 heavy (non-hydrogen) atoms. The molecule has 0 aromatic rings. The average Bonchev–Trinajstić information content (AvgIpc) is 2.46. The van der Waals surface area contributed by atoms with Crippen LogP contribution in [0.15, 0.2) is 23.8 Å². The third-order valence-electron chi connectivity index (χ3n) is 6.90. The van der Waals surface area contributed by atoms with E-state index in [1.165, 1.54) is 5.57 Å². The molecule has 3 heteroatoms. The first-order valence-electron chi connectivity index (χ1n) is 8.58. The van der Waals surface area contributed by atoms with E-state index in [0.29, 0.717) is 24.2 Å². The number of hydrogen-bond donors (Lipinski definition) is 0. The van der Waals surface area contributed by atoms with E-state index in [-0.39, 0.29) is 22.8 Å². The molecular formula is C19H24O3. The number of hydrogen-bond acceptors (Lipinski definition) is 3. The fourth-order valence-corrected chi connectivity index (χ4v) is 5.72. The molecule has 4 rings (SSSR count). The number of fused-ring (bicyclic) bond motifs is 5. The van der Waals surface area contributed by atoms with Crippen LogP contribution in [0.4, 0.5) is 0 Å². The monoisotopic (exact) mass is 300 g/mol. The minimum Gasteiger partial charge on any atom is -0.459 e. The van der Waals surface area contributed by atoms with Crippen molar-refractivity contribution in [3.63, 3.8) is 0 Å². The van der Waals surface area contributed by atoms with Gasteiger partial charge in [0, 0.05) is 17.8 Å². The Bertz CT molecular complexity index is 602. The van der Waals surface area contributed by atoms with Gasteiger partial charge in [-0.1, -0.05) is 18.6 Å². The molecule has 3 unspecified atom stereocenters. The lowest BCUT2D eigenvalue weighted by Crippen LogP contribution is -2.56. The minimum atomic E-state index is -0.262. The number of carbonyl (C=O) groups is 2. The van der Waals surface area contributed by atoms with Crippen LogP contribution in [-0.2, 0) is 14.3 Å². The predicted molar refractivity (Wildman–Crippen MR) is 83.0 cm³/mol. The first kappa shape index (κ1) is 14.2. The second kappa shape index (κ2) is 4.56. The van der Waals surface area contributed by atoms with Gasteiger partial charge in [0.05, 0.1) is 0 Å². The molecule has 0 N–H and O–H groups in total.